The largest absolute Gasteiger partial charge is 0.383 e. The van der Waals surface area contributed by atoms with Gasteiger partial charge in [0.2, 0.25) is 5.91 Å². The molecule has 150 valence electrons. The number of carbonyl (C=O) groups is 2. The van der Waals surface area contributed by atoms with Crippen LogP contribution in [-0.4, -0.2) is 64.6 Å². The zero-order valence-corrected chi connectivity index (χ0v) is 16.4. The van der Waals surface area contributed by atoms with Gasteiger partial charge < -0.3 is 15.0 Å². The molecule has 1 aliphatic heterocycles. The second-order valence-electron chi connectivity index (χ2n) is 7.99. The summed E-state index contributed by atoms with van der Waals surface area (Å²) in [5, 5.41) is 10.8. The van der Waals surface area contributed by atoms with E-state index in [1.807, 2.05) is 4.90 Å². The van der Waals surface area contributed by atoms with Crippen molar-refractivity contribution in [2.45, 2.75) is 64.5 Å². The van der Waals surface area contributed by atoms with Gasteiger partial charge in [0.15, 0.2) is 5.69 Å². The maximum absolute atomic E-state index is 13.2. The Hall–Kier alpha value is -1.96. The third kappa shape index (κ3) is 4.66. The monoisotopic (exact) mass is 377 g/mol. The molecule has 1 saturated heterocycles. The molecule has 3 rings (SSSR count). The summed E-state index contributed by atoms with van der Waals surface area (Å²) in [6.45, 7) is 4.42. The van der Waals surface area contributed by atoms with Crippen LogP contribution in [0.3, 0.4) is 0 Å². The number of carbonyl (C=O) groups excluding carboxylic acids is 2. The van der Waals surface area contributed by atoms with Gasteiger partial charge in [-0.25, -0.2) is 4.68 Å². The lowest BCUT2D eigenvalue weighted by Crippen LogP contribution is -2.47. The van der Waals surface area contributed by atoms with E-state index in [9.17, 15) is 9.59 Å². The average Bonchev–Trinajstić information content (AvgIpc) is 3.32. The fraction of sp³-hybridized carbons (Fsp3) is 0.789. The second kappa shape index (κ2) is 8.82. The first kappa shape index (κ1) is 19.8. The van der Waals surface area contributed by atoms with Crippen molar-refractivity contribution in [1.82, 2.24) is 25.2 Å². The zero-order chi connectivity index (χ0) is 19.3. The van der Waals surface area contributed by atoms with Crippen molar-refractivity contribution in [1.29, 1.82) is 0 Å². The van der Waals surface area contributed by atoms with Crippen molar-refractivity contribution >= 4 is 11.8 Å². The summed E-state index contributed by atoms with van der Waals surface area (Å²) in [6, 6.07) is 0.127. The molecule has 0 radical (unpaired) electrons. The van der Waals surface area contributed by atoms with E-state index in [0.717, 1.165) is 45.1 Å². The van der Waals surface area contributed by atoms with Crippen molar-refractivity contribution in [2.75, 3.05) is 26.8 Å². The highest BCUT2D eigenvalue weighted by atomic mass is 16.5. The van der Waals surface area contributed by atoms with Crippen LogP contribution >= 0.6 is 0 Å². The normalized spacial score (nSPS) is 22.0. The summed E-state index contributed by atoms with van der Waals surface area (Å²) in [5.74, 6) is 0.0368. The summed E-state index contributed by atoms with van der Waals surface area (Å²) >= 11 is 0. The lowest BCUT2D eigenvalue weighted by molar-refractivity contribution is -0.144. The summed E-state index contributed by atoms with van der Waals surface area (Å²) in [6.07, 6.45) is 9.15. The lowest BCUT2D eigenvalue weighted by Gasteiger charge is -2.38. The number of amides is 2. The first-order valence-electron chi connectivity index (χ1n) is 10.0. The molecule has 1 saturated carbocycles. The summed E-state index contributed by atoms with van der Waals surface area (Å²) in [5.41, 5.74) is 0.0801. The molecule has 8 nitrogen and oxygen atoms in total. The van der Waals surface area contributed by atoms with Gasteiger partial charge in [-0.3, -0.25) is 9.59 Å². The SMILES string of the molecule is COCCNC(=O)c1cn(C[C@@H]2CCCN2C(=O)C2(C)CCCCC2)nn1. The predicted octanol–water partition coefficient (Wildman–Crippen LogP) is 1.62. The molecule has 1 aliphatic carbocycles. The van der Waals surface area contributed by atoms with E-state index in [-0.39, 0.29) is 17.4 Å². The van der Waals surface area contributed by atoms with Crippen molar-refractivity contribution in [3.8, 4) is 0 Å². The molecule has 0 bridgehead atoms. The maximum atomic E-state index is 13.2. The predicted molar refractivity (Wildman–Crippen MR) is 100 cm³/mol. The third-order valence-corrected chi connectivity index (χ3v) is 5.87. The summed E-state index contributed by atoms with van der Waals surface area (Å²) in [4.78, 5) is 27.3. The molecule has 8 heteroatoms. The molecule has 0 unspecified atom stereocenters. The average molecular weight is 377 g/mol. The highest BCUT2D eigenvalue weighted by Gasteiger charge is 2.41. The van der Waals surface area contributed by atoms with Crippen LogP contribution in [0.15, 0.2) is 6.20 Å². The first-order chi connectivity index (χ1) is 13.0. The van der Waals surface area contributed by atoms with Crippen LogP contribution < -0.4 is 5.32 Å². The van der Waals surface area contributed by atoms with E-state index in [2.05, 4.69) is 22.6 Å². The van der Waals surface area contributed by atoms with Crippen LogP contribution in [0, 0.1) is 5.41 Å². The van der Waals surface area contributed by atoms with E-state index < -0.39 is 0 Å². The molecule has 0 aromatic carbocycles. The van der Waals surface area contributed by atoms with E-state index in [4.69, 9.17) is 4.74 Å². The van der Waals surface area contributed by atoms with Gasteiger partial charge in [-0.1, -0.05) is 31.4 Å². The van der Waals surface area contributed by atoms with Crippen molar-refractivity contribution in [3.05, 3.63) is 11.9 Å². The van der Waals surface area contributed by atoms with Gasteiger partial charge in [-0.05, 0) is 25.7 Å². The quantitative estimate of drug-likeness (QED) is 0.729. The van der Waals surface area contributed by atoms with Crippen molar-refractivity contribution in [2.24, 2.45) is 5.41 Å². The van der Waals surface area contributed by atoms with Crippen molar-refractivity contribution in [3.63, 3.8) is 0 Å². The second-order valence-corrected chi connectivity index (χ2v) is 7.99. The van der Waals surface area contributed by atoms with Gasteiger partial charge >= 0.3 is 0 Å². The Balaban J connectivity index is 1.60. The number of nitrogens with zero attached hydrogens (tertiary/aromatic N) is 4. The molecule has 1 atom stereocenters. The van der Waals surface area contributed by atoms with Gasteiger partial charge in [0, 0.05) is 25.6 Å². The number of aromatic nitrogens is 3. The molecular weight excluding hydrogens is 346 g/mol. The van der Waals surface area contributed by atoms with Crippen LogP contribution in [0.2, 0.25) is 0 Å². The third-order valence-electron chi connectivity index (χ3n) is 5.87. The number of rotatable bonds is 7. The van der Waals surface area contributed by atoms with Crippen molar-refractivity contribution < 1.29 is 14.3 Å². The van der Waals surface area contributed by atoms with Crippen LogP contribution in [0.5, 0.6) is 0 Å². The zero-order valence-electron chi connectivity index (χ0n) is 16.4. The molecule has 1 aromatic heterocycles. The summed E-state index contributed by atoms with van der Waals surface area (Å²) in [7, 11) is 1.59. The fourth-order valence-corrected chi connectivity index (χ4v) is 4.25. The molecule has 0 spiro atoms. The molecular formula is C19H31N5O3. The topological polar surface area (TPSA) is 89.4 Å². The lowest BCUT2D eigenvalue weighted by atomic mass is 9.74. The van der Waals surface area contributed by atoms with E-state index in [1.165, 1.54) is 6.42 Å². The minimum Gasteiger partial charge on any atom is -0.383 e. The van der Waals surface area contributed by atoms with Gasteiger partial charge in [0.05, 0.1) is 25.4 Å². The molecule has 27 heavy (non-hydrogen) atoms. The number of likely N-dealkylation sites (tertiary alicyclic amines) is 1. The van der Waals surface area contributed by atoms with Gasteiger partial charge in [-0.2, -0.15) is 0 Å². The van der Waals surface area contributed by atoms with Crippen LogP contribution in [0.1, 0.15) is 62.4 Å². The van der Waals surface area contributed by atoms with Gasteiger partial charge in [-0.15, -0.1) is 5.10 Å². The number of hydrogen-bond donors (Lipinski definition) is 1. The minimum atomic E-state index is -0.257. The Morgan fingerprint density at radius 2 is 2.07 bits per heavy atom. The fourth-order valence-electron chi connectivity index (χ4n) is 4.25. The van der Waals surface area contributed by atoms with E-state index in [0.29, 0.717) is 31.3 Å². The highest BCUT2D eigenvalue weighted by Crippen LogP contribution is 2.39. The number of nitrogens with one attached hydrogen (secondary N) is 1. The maximum Gasteiger partial charge on any atom is 0.273 e. The van der Waals surface area contributed by atoms with Crippen LogP contribution in [-0.2, 0) is 16.1 Å². The molecule has 1 N–H and O–H groups in total. The Kier molecular flexibility index (Phi) is 6.46. The molecule has 1 aromatic rings. The highest BCUT2D eigenvalue weighted by molar-refractivity contribution is 5.91. The van der Waals surface area contributed by atoms with E-state index >= 15 is 0 Å². The minimum absolute atomic E-state index is 0.127. The van der Waals surface area contributed by atoms with E-state index in [1.54, 1.807) is 18.0 Å². The molecule has 2 heterocycles. The Bertz CT molecular complexity index is 654. The summed E-state index contributed by atoms with van der Waals surface area (Å²) < 4.78 is 6.61. The molecule has 2 amide bonds. The Morgan fingerprint density at radius 3 is 2.81 bits per heavy atom. The number of ether oxygens (including phenoxy) is 1. The number of methoxy groups -OCH3 is 1. The smallest absolute Gasteiger partial charge is 0.273 e. The molecule has 2 aliphatic rings. The number of hydrogen-bond acceptors (Lipinski definition) is 5. The molecule has 2 fully saturated rings. The Labute approximate surface area is 160 Å². The Morgan fingerprint density at radius 1 is 1.30 bits per heavy atom. The van der Waals surface area contributed by atoms with Crippen LogP contribution in [0.25, 0.3) is 0 Å². The van der Waals surface area contributed by atoms with Crippen LogP contribution in [0.4, 0.5) is 0 Å². The van der Waals surface area contributed by atoms with Gasteiger partial charge in [0.25, 0.3) is 5.91 Å². The standard InChI is InChI=1S/C19H31N5O3/c1-19(8-4-3-5-9-19)18(26)24-11-6-7-15(24)13-23-14-16(21-22-23)17(25)20-10-12-27-2/h14-15H,3-13H2,1-2H3,(H,20,25)/t15-/m0/s1. The van der Waals surface area contributed by atoms with Gasteiger partial charge in [0.1, 0.15) is 0 Å². The first-order valence-corrected chi connectivity index (χ1v) is 10.0.